The van der Waals surface area contributed by atoms with E-state index in [0.717, 1.165) is 44.2 Å². The normalized spacial score (nSPS) is 43.8. The van der Waals surface area contributed by atoms with Crippen molar-refractivity contribution in [1.82, 2.24) is 26.0 Å². The van der Waals surface area contributed by atoms with Crippen LogP contribution in [0, 0.1) is 11.8 Å². The van der Waals surface area contributed by atoms with Crippen LogP contribution in [0.3, 0.4) is 0 Å². The molecule has 4 saturated heterocycles. The van der Waals surface area contributed by atoms with Gasteiger partial charge in [-0.1, -0.05) is 19.8 Å². The molecule has 5 fully saturated rings. The summed E-state index contributed by atoms with van der Waals surface area (Å²) in [6.07, 6.45) is 17.2. The largest absolute Gasteiger partial charge is 0.380 e. The number of methoxy groups -OCH3 is 1. The zero-order valence-corrected chi connectivity index (χ0v) is 21.1. The first kappa shape index (κ1) is 24.4. The number of ether oxygens (including phenoxy) is 2. The van der Waals surface area contributed by atoms with Gasteiger partial charge in [0.05, 0.1) is 30.7 Å². The monoisotopic (exact) mass is 463 g/mol. The highest BCUT2D eigenvalue weighted by atomic mass is 16.5. The van der Waals surface area contributed by atoms with Gasteiger partial charge in [0.25, 0.3) is 0 Å². The van der Waals surface area contributed by atoms with Crippen LogP contribution in [0.2, 0.25) is 0 Å². The highest BCUT2D eigenvalue weighted by molar-refractivity contribution is 4.93. The number of hydrogen-bond acceptors (Lipinski definition) is 7. The van der Waals surface area contributed by atoms with Crippen molar-refractivity contribution in [3.05, 3.63) is 0 Å². The number of likely N-dealkylation sites (tertiary alicyclic amines) is 1. The highest BCUT2D eigenvalue weighted by Gasteiger charge is 2.40. The Balaban J connectivity index is 1.21. The van der Waals surface area contributed by atoms with E-state index in [2.05, 4.69) is 32.9 Å². The molecule has 0 aromatic rings. The van der Waals surface area contributed by atoms with E-state index in [1.807, 2.05) is 7.11 Å². The zero-order valence-electron chi connectivity index (χ0n) is 21.1. The average Bonchev–Trinajstić information content (AvgIpc) is 3.55. The van der Waals surface area contributed by atoms with Gasteiger partial charge in [0.15, 0.2) is 0 Å². The van der Waals surface area contributed by atoms with Crippen LogP contribution in [0.15, 0.2) is 0 Å². The van der Waals surface area contributed by atoms with E-state index in [4.69, 9.17) is 9.47 Å². The molecule has 8 atom stereocenters. The molecule has 1 saturated carbocycles. The molecule has 0 amide bonds. The molecule has 0 aromatic heterocycles. The molecule has 4 heterocycles. The van der Waals surface area contributed by atoms with Crippen LogP contribution in [-0.4, -0.2) is 80.0 Å². The van der Waals surface area contributed by atoms with Crippen LogP contribution in [-0.2, 0) is 9.47 Å². The Bertz CT molecular complexity index is 603. The minimum atomic E-state index is 0.344. The van der Waals surface area contributed by atoms with Crippen molar-refractivity contribution < 1.29 is 9.47 Å². The number of nitrogens with one attached hydrogen (secondary N) is 3. The molecule has 190 valence electrons. The van der Waals surface area contributed by atoms with Gasteiger partial charge in [-0.15, -0.1) is 0 Å². The molecular weight excluding hydrogens is 414 g/mol. The lowest BCUT2D eigenvalue weighted by molar-refractivity contribution is -0.0305. The lowest BCUT2D eigenvalue weighted by Gasteiger charge is -2.47. The minimum Gasteiger partial charge on any atom is -0.380 e. The number of piperidine rings is 1. The standard InChI is InChI=1S/C26H49N5O2/c1-19-6-3-7-20(16-19)23-12-14-31(29-23)26-17-25(30-13-4-8-22(18-30)32-2)27-24(28-26)11-10-21-9-5-15-33-21/h19-29H,3-18H2,1-2H3. The summed E-state index contributed by atoms with van der Waals surface area (Å²) in [7, 11) is 1.87. The van der Waals surface area contributed by atoms with Crippen molar-refractivity contribution in [2.45, 2.75) is 121 Å². The first-order valence-corrected chi connectivity index (χ1v) is 14.1. The summed E-state index contributed by atoms with van der Waals surface area (Å²) in [5.41, 5.74) is 3.99. The molecule has 0 spiro atoms. The molecule has 7 nitrogen and oxygen atoms in total. The van der Waals surface area contributed by atoms with E-state index >= 15 is 0 Å². The number of nitrogens with zero attached hydrogens (tertiary/aromatic N) is 2. The van der Waals surface area contributed by atoms with Crippen LogP contribution in [0.25, 0.3) is 0 Å². The first-order valence-electron chi connectivity index (χ1n) is 14.1. The van der Waals surface area contributed by atoms with Gasteiger partial charge in [-0.2, -0.15) is 0 Å². The van der Waals surface area contributed by atoms with E-state index in [1.54, 1.807) is 0 Å². The van der Waals surface area contributed by atoms with Crippen LogP contribution in [0.5, 0.6) is 0 Å². The van der Waals surface area contributed by atoms with Crippen LogP contribution in [0.1, 0.15) is 84.0 Å². The Hall–Kier alpha value is -0.280. The van der Waals surface area contributed by atoms with Crippen LogP contribution in [0.4, 0.5) is 0 Å². The van der Waals surface area contributed by atoms with E-state index in [9.17, 15) is 0 Å². The molecule has 5 aliphatic rings. The van der Waals surface area contributed by atoms with E-state index < -0.39 is 0 Å². The highest BCUT2D eigenvalue weighted by Crippen LogP contribution is 2.34. The van der Waals surface area contributed by atoms with Gasteiger partial charge in [0.2, 0.25) is 0 Å². The van der Waals surface area contributed by atoms with Crippen molar-refractivity contribution >= 4 is 0 Å². The Labute approximate surface area is 201 Å². The van der Waals surface area contributed by atoms with Gasteiger partial charge >= 0.3 is 0 Å². The van der Waals surface area contributed by atoms with Crippen molar-refractivity contribution in [2.24, 2.45) is 11.8 Å². The predicted molar refractivity (Wildman–Crippen MR) is 131 cm³/mol. The molecule has 7 heteroatoms. The molecule has 4 aliphatic heterocycles. The molecule has 0 radical (unpaired) electrons. The maximum absolute atomic E-state index is 5.93. The quantitative estimate of drug-likeness (QED) is 0.536. The Morgan fingerprint density at radius 3 is 2.64 bits per heavy atom. The summed E-state index contributed by atoms with van der Waals surface area (Å²) in [5.74, 6) is 1.76. The second kappa shape index (κ2) is 11.6. The molecule has 0 aromatic carbocycles. The first-order chi connectivity index (χ1) is 16.2. The van der Waals surface area contributed by atoms with Crippen molar-refractivity contribution in [3.63, 3.8) is 0 Å². The predicted octanol–water partition coefficient (Wildman–Crippen LogP) is 3.02. The summed E-state index contributed by atoms with van der Waals surface area (Å²) in [5, 5.41) is 10.5. The third-order valence-corrected chi connectivity index (χ3v) is 9.15. The number of hydrogen-bond donors (Lipinski definition) is 3. The lowest BCUT2D eigenvalue weighted by Crippen LogP contribution is -2.68. The van der Waals surface area contributed by atoms with E-state index in [1.165, 1.54) is 70.9 Å². The van der Waals surface area contributed by atoms with Gasteiger partial charge in [-0.05, 0) is 76.2 Å². The summed E-state index contributed by atoms with van der Waals surface area (Å²) in [4.78, 5) is 2.65. The second-order valence-electron chi connectivity index (χ2n) is 11.6. The molecule has 0 bridgehead atoms. The van der Waals surface area contributed by atoms with Gasteiger partial charge in [0.1, 0.15) is 0 Å². The van der Waals surface area contributed by atoms with Crippen LogP contribution >= 0.6 is 0 Å². The molecular formula is C26H49N5O2. The fourth-order valence-electron chi connectivity index (χ4n) is 7.22. The zero-order chi connectivity index (χ0) is 22.6. The SMILES string of the molecule is COC1CCCN(C2CC(N3CCC(C4CCCC(C)C4)N3)NC(CCC3CCCO3)N2)C1. The summed E-state index contributed by atoms with van der Waals surface area (Å²) in [6.45, 7) is 6.79. The maximum Gasteiger partial charge on any atom is 0.0772 e. The number of hydrazine groups is 1. The molecule has 1 aliphatic carbocycles. The summed E-state index contributed by atoms with van der Waals surface area (Å²) < 4.78 is 11.7. The maximum atomic E-state index is 5.93. The molecule has 33 heavy (non-hydrogen) atoms. The third-order valence-electron chi connectivity index (χ3n) is 9.15. The molecule has 5 rings (SSSR count). The van der Waals surface area contributed by atoms with E-state index in [0.29, 0.717) is 36.7 Å². The van der Waals surface area contributed by atoms with Gasteiger partial charge in [-0.3, -0.25) is 21.0 Å². The van der Waals surface area contributed by atoms with Gasteiger partial charge < -0.3 is 9.47 Å². The second-order valence-corrected chi connectivity index (χ2v) is 11.6. The summed E-state index contributed by atoms with van der Waals surface area (Å²) >= 11 is 0. The average molecular weight is 464 g/mol. The number of rotatable bonds is 7. The fourth-order valence-corrected chi connectivity index (χ4v) is 7.22. The lowest BCUT2D eigenvalue weighted by atomic mass is 9.78. The van der Waals surface area contributed by atoms with Gasteiger partial charge in [-0.25, -0.2) is 5.01 Å². The smallest absolute Gasteiger partial charge is 0.0772 e. The van der Waals surface area contributed by atoms with E-state index in [-0.39, 0.29) is 0 Å². The van der Waals surface area contributed by atoms with Crippen molar-refractivity contribution in [3.8, 4) is 0 Å². The summed E-state index contributed by atoms with van der Waals surface area (Å²) in [6, 6.07) is 0.668. The van der Waals surface area contributed by atoms with Crippen molar-refractivity contribution in [1.29, 1.82) is 0 Å². The van der Waals surface area contributed by atoms with Crippen molar-refractivity contribution in [2.75, 3.05) is 33.4 Å². The minimum absolute atomic E-state index is 0.344. The Morgan fingerprint density at radius 2 is 1.82 bits per heavy atom. The fraction of sp³-hybridized carbons (Fsp3) is 1.00. The Morgan fingerprint density at radius 1 is 0.909 bits per heavy atom. The Kier molecular flexibility index (Phi) is 8.61. The van der Waals surface area contributed by atoms with Crippen LogP contribution < -0.4 is 16.1 Å². The van der Waals surface area contributed by atoms with Gasteiger partial charge in [0, 0.05) is 39.3 Å². The topological polar surface area (TPSA) is 61.0 Å². The molecule has 3 N–H and O–H groups in total. The molecule has 8 unspecified atom stereocenters. The third kappa shape index (κ3) is 6.29.